The number of aryl methyl sites for hydroxylation is 1. The quantitative estimate of drug-likeness (QED) is 0.452. The molecule has 1 unspecified atom stereocenters. The van der Waals surface area contributed by atoms with Gasteiger partial charge in [0.25, 0.3) is 11.2 Å². The molecule has 0 aromatic carbocycles. The highest BCUT2D eigenvalue weighted by Gasteiger charge is 2.24. The molecule has 0 N–H and O–H groups in total. The summed E-state index contributed by atoms with van der Waals surface area (Å²) in [4.78, 5) is 34.2. The zero-order chi connectivity index (χ0) is 15.3. The molecule has 1 aromatic rings. The maximum atomic E-state index is 11.9. The number of nitro groups is 1. The zero-order valence-corrected chi connectivity index (χ0v) is 11.8. The van der Waals surface area contributed by atoms with Gasteiger partial charge in [0.2, 0.25) is 0 Å². The Morgan fingerprint density at radius 3 is 2.65 bits per heavy atom. The van der Waals surface area contributed by atoms with Crippen molar-refractivity contribution in [3.63, 3.8) is 0 Å². The minimum Gasteiger partial charge on any atom is -0.464 e. The van der Waals surface area contributed by atoms with Gasteiger partial charge in [-0.15, -0.1) is 0 Å². The number of esters is 1. The smallest absolute Gasteiger partial charge is 0.329 e. The summed E-state index contributed by atoms with van der Waals surface area (Å²) in [6, 6.07) is 0.321. The van der Waals surface area contributed by atoms with Crippen LogP contribution in [-0.2, 0) is 9.53 Å². The Kier molecular flexibility index (Phi) is 5.42. The number of pyridine rings is 1. The Labute approximate surface area is 116 Å². The lowest BCUT2D eigenvalue weighted by Crippen LogP contribution is -2.30. The summed E-state index contributed by atoms with van der Waals surface area (Å²) >= 11 is 0. The number of aromatic nitrogens is 1. The van der Waals surface area contributed by atoms with E-state index in [2.05, 4.69) is 0 Å². The molecule has 110 valence electrons. The maximum absolute atomic E-state index is 11.9. The Morgan fingerprint density at radius 2 is 2.15 bits per heavy atom. The fraction of sp³-hybridized carbons (Fsp3) is 0.538. The lowest BCUT2D eigenvalue weighted by molar-refractivity contribution is -0.386. The first kappa shape index (κ1) is 15.9. The molecule has 0 amide bonds. The van der Waals surface area contributed by atoms with E-state index in [1.54, 1.807) is 6.92 Å². The number of carbonyl (C=O) groups excluding carboxylic acids is 1. The Hall–Kier alpha value is -2.18. The van der Waals surface area contributed by atoms with Crippen LogP contribution in [0.3, 0.4) is 0 Å². The minimum absolute atomic E-state index is 0.189. The van der Waals surface area contributed by atoms with E-state index in [1.165, 1.54) is 6.92 Å². The third-order valence-electron chi connectivity index (χ3n) is 2.90. The van der Waals surface area contributed by atoms with Gasteiger partial charge in [-0.2, -0.15) is 0 Å². The molecule has 1 rings (SSSR count). The summed E-state index contributed by atoms with van der Waals surface area (Å²) in [5, 5.41) is 10.9. The highest BCUT2D eigenvalue weighted by molar-refractivity contribution is 5.74. The minimum atomic E-state index is -0.839. The van der Waals surface area contributed by atoms with Crippen LogP contribution < -0.4 is 5.56 Å². The first-order chi connectivity index (χ1) is 9.42. The van der Waals surface area contributed by atoms with Gasteiger partial charge in [-0.1, -0.05) is 13.8 Å². The molecule has 1 aromatic heterocycles. The summed E-state index contributed by atoms with van der Waals surface area (Å²) in [6.45, 7) is 5.32. The molecule has 0 saturated heterocycles. The van der Waals surface area contributed by atoms with Crippen LogP contribution >= 0.6 is 0 Å². The topological polar surface area (TPSA) is 91.4 Å². The van der Waals surface area contributed by atoms with Gasteiger partial charge in [-0.25, -0.2) is 4.79 Å². The second-order valence-electron chi connectivity index (χ2n) is 4.44. The Balaban J connectivity index is 3.21. The second-order valence-corrected chi connectivity index (χ2v) is 4.44. The largest absolute Gasteiger partial charge is 0.464 e. The number of rotatable bonds is 6. The summed E-state index contributed by atoms with van der Waals surface area (Å²) < 4.78 is 6.09. The number of hydrogen-bond acceptors (Lipinski definition) is 5. The van der Waals surface area contributed by atoms with Crippen LogP contribution in [0.2, 0.25) is 0 Å². The van der Waals surface area contributed by atoms with Crippen molar-refractivity contribution in [1.82, 2.24) is 4.57 Å². The highest BCUT2D eigenvalue weighted by Crippen LogP contribution is 2.19. The van der Waals surface area contributed by atoms with Crippen LogP contribution in [0.5, 0.6) is 0 Å². The molecule has 0 bridgehead atoms. The van der Waals surface area contributed by atoms with Crippen LogP contribution in [-0.4, -0.2) is 22.1 Å². The molecule has 1 heterocycles. The molecule has 0 fully saturated rings. The van der Waals surface area contributed by atoms with Gasteiger partial charge in [0.05, 0.1) is 17.7 Å². The predicted molar refractivity (Wildman–Crippen MR) is 72.7 cm³/mol. The van der Waals surface area contributed by atoms with Crippen molar-refractivity contribution in [2.24, 2.45) is 0 Å². The number of ether oxygens (including phenoxy) is 1. The van der Waals surface area contributed by atoms with Gasteiger partial charge < -0.3 is 4.74 Å². The third kappa shape index (κ3) is 3.43. The van der Waals surface area contributed by atoms with Crippen LogP contribution in [0.25, 0.3) is 0 Å². The van der Waals surface area contributed by atoms with Crippen molar-refractivity contribution in [2.75, 3.05) is 6.61 Å². The number of nitrogens with zero attached hydrogens (tertiary/aromatic N) is 2. The fourth-order valence-electron chi connectivity index (χ4n) is 1.84. The second kappa shape index (κ2) is 6.83. The molecule has 0 aliphatic heterocycles. The van der Waals surface area contributed by atoms with Crippen LogP contribution in [0.4, 0.5) is 5.69 Å². The first-order valence-electron chi connectivity index (χ1n) is 6.46. The van der Waals surface area contributed by atoms with Crippen LogP contribution in [0.15, 0.2) is 17.1 Å². The molecule has 20 heavy (non-hydrogen) atoms. The maximum Gasteiger partial charge on any atom is 0.329 e. The monoisotopic (exact) mass is 282 g/mol. The van der Waals surface area contributed by atoms with Crippen molar-refractivity contribution in [3.05, 3.63) is 38.3 Å². The SMILES string of the molecule is CCCOC(=O)C(CC)n1cc([N+](=O)[O-])c(C)cc1=O. The summed E-state index contributed by atoms with van der Waals surface area (Å²) in [6.07, 6.45) is 2.10. The standard InChI is InChI=1S/C13H18N2O5/c1-4-6-20-13(17)10(5-2)14-8-11(15(18)19)9(3)7-12(14)16/h7-8,10H,4-6H2,1-3H3. The predicted octanol–water partition coefficient (Wildman–Crippen LogP) is 1.97. The van der Waals surface area contributed by atoms with E-state index < -0.39 is 22.5 Å². The van der Waals surface area contributed by atoms with Crippen LogP contribution in [0.1, 0.15) is 38.3 Å². The average molecular weight is 282 g/mol. The van der Waals surface area contributed by atoms with Crippen molar-refractivity contribution < 1.29 is 14.5 Å². The molecular weight excluding hydrogens is 264 g/mol. The summed E-state index contributed by atoms with van der Waals surface area (Å²) in [5.74, 6) is -0.547. The van der Waals surface area contributed by atoms with Gasteiger partial charge in [0.1, 0.15) is 6.04 Å². The third-order valence-corrected chi connectivity index (χ3v) is 2.90. The van der Waals surface area contributed by atoms with Crippen molar-refractivity contribution in [1.29, 1.82) is 0 Å². The summed E-state index contributed by atoms with van der Waals surface area (Å²) in [5.41, 5.74) is -0.368. The lowest BCUT2D eigenvalue weighted by Gasteiger charge is -2.17. The van der Waals surface area contributed by atoms with E-state index in [9.17, 15) is 19.7 Å². The first-order valence-corrected chi connectivity index (χ1v) is 6.46. The number of carbonyl (C=O) groups is 1. The van der Waals surface area contributed by atoms with Crippen molar-refractivity contribution >= 4 is 11.7 Å². The zero-order valence-electron chi connectivity index (χ0n) is 11.8. The molecule has 7 heteroatoms. The lowest BCUT2D eigenvalue weighted by atomic mass is 10.2. The van der Waals surface area contributed by atoms with Crippen molar-refractivity contribution in [3.8, 4) is 0 Å². The molecule has 0 radical (unpaired) electrons. The van der Waals surface area contributed by atoms with E-state index >= 15 is 0 Å². The van der Waals surface area contributed by atoms with Gasteiger partial charge in [0.15, 0.2) is 0 Å². The molecule has 0 saturated carbocycles. The van der Waals surface area contributed by atoms with Gasteiger partial charge in [-0.05, 0) is 19.8 Å². The molecular formula is C13H18N2O5. The molecule has 7 nitrogen and oxygen atoms in total. The fourth-order valence-corrected chi connectivity index (χ4v) is 1.84. The molecule has 0 spiro atoms. The van der Waals surface area contributed by atoms with E-state index in [0.717, 1.165) is 16.8 Å². The average Bonchev–Trinajstić information content (AvgIpc) is 2.39. The normalized spacial score (nSPS) is 11.9. The number of hydrogen-bond donors (Lipinski definition) is 0. The van der Waals surface area contributed by atoms with E-state index in [1.807, 2.05) is 6.92 Å². The van der Waals surface area contributed by atoms with Crippen LogP contribution in [0, 0.1) is 17.0 Å². The van der Waals surface area contributed by atoms with Gasteiger partial charge in [-0.3, -0.25) is 19.5 Å². The highest BCUT2D eigenvalue weighted by atomic mass is 16.6. The Morgan fingerprint density at radius 1 is 1.50 bits per heavy atom. The summed E-state index contributed by atoms with van der Waals surface area (Å²) in [7, 11) is 0. The molecule has 0 aliphatic carbocycles. The van der Waals surface area contributed by atoms with E-state index in [-0.39, 0.29) is 17.9 Å². The van der Waals surface area contributed by atoms with Gasteiger partial charge >= 0.3 is 5.97 Å². The molecule has 0 aliphatic rings. The van der Waals surface area contributed by atoms with Gasteiger partial charge in [0, 0.05) is 11.6 Å². The van der Waals surface area contributed by atoms with E-state index in [4.69, 9.17) is 4.74 Å². The molecule has 1 atom stereocenters. The van der Waals surface area contributed by atoms with Crippen molar-refractivity contribution in [2.45, 2.75) is 39.7 Å². The van der Waals surface area contributed by atoms with E-state index in [0.29, 0.717) is 12.8 Å². The Bertz CT molecular complexity index is 564.